The molecular formula is C9H14BrN3O. The van der Waals surface area contributed by atoms with Crippen LogP contribution >= 0.6 is 15.9 Å². The van der Waals surface area contributed by atoms with Crippen molar-refractivity contribution in [3.05, 3.63) is 16.4 Å². The van der Waals surface area contributed by atoms with Gasteiger partial charge in [0.2, 0.25) is 0 Å². The number of nitrogens with zero attached hydrogens (tertiary/aromatic N) is 2. The zero-order valence-corrected chi connectivity index (χ0v) is 9.53. The van der Waals surface area contributed by atoms with Gasteiger partial charge in [-0.1, -0.05) is 0 Å². The molecule has 0 saturated carbocycles. The molecule has 0 bridgehead atoms. The molecule has 1 fully saturated rings. The first-order chi connectivity index (χ1) is 6.81. The van der Waals surface area contributed by atoms with Crippen LogP contribution in [-0.4, -0.2) is 16.4 Å². The molecule has 0 aromatic carbocycles. The van der Waals surface area contributed by atoms with Crippen LogP contribution in [0.2, 0.25) is 0 Å². The van der Waals surface area contributed by atoms with Gasteiger partial charge >= 0.3 is 0 Å². The van der Waals surface area contributed by atoms with Crippen LogP contribution in [0.3, 0.4) is 0 Å². The highest BCUT2D eigenvalue weighted by Gasteiger charge is 2.19. The third-order valence-corrected chi connectivity index (χ3v) is 2.81. The highest BCUT2D eigenvalue weighted by molar-refractivity contribution is 9.10. The third kappa shape index (κ3) is 1.99. The van der Waals surface area contributed by atoms with Crippen molar-refractivity contribution in [2.24, 2.45) is 5.73 Å². The van der Waals surface area contributed by atoms with E-state index in [1.807, 2.05) is 10.7 Å². The summed E-state index contributed by atoms with van der Waals surface area (Å²) in [5.41, 5.74) is 6.65. The lowest BCUT2D eigenvalue weighted by molar-refractivity contribution is -0.0412. The minimum atomic E-state index is 0.0774. The SMILES string of the molecule is NCc1cc(Br)nn1C1CCCCO1. The predicted molar refractivity (Wildman–Crippen MR) is 56.7 cm³/mol. The molecule has 1 saturated heterocycles. The second-order valence-electron chi connectivity index (χ2n) is 3.43. The lowest BCUT2D eigenvalue weighted by Crippen LogP contribution is -2.22. The summed E-state index contributed by atoms with van der Waals surface area (Å²) in [6, 6.07) is 1.94. The largest absolute Gasteiger partial charge is 0.357 e. The molecule has 2 heterocycles. The van der Waals surface area contributed by atoms with Gasteiger partial charge in [0.1, 0.15) is 4.60 Å². The van der Waals surface area contributed by atoms with Crippen molar-refractivity contribution in [1.29, 1.82) is 0 Å². The second kappa shape index (κ2) is 4.42. The maximum Gasteiger partial charge on any atom is 0.150 e. The average molecular weight is 260 g/mol. The summed E-state index contributed by atoms with van der Waals surface area (Å²) in [6.45, 7) is 1.32. The van der Waals surface area contributed by atoms with Gasteiger partial charge in [0.25, 0.3) is 0 Å². The molecule has 0 radical (unpaired) electrons. The summed E-state index contributed by atoms with van der Waals surface area (Å²) in [5.74, 6) is 0. The van der Waals surface area contributed by atoms with Crippen molar-refractivity contribution >= 4 is 15.9 Å². The monoisotopic (exact) mass is 259 g/mol. The van der Waals surface area contributed by atoms with Crippen molar-refractivity contribution in [3.8, 4) is 0 Å². The van der Waals surface area contributed by atoms with Crippen LogP contribution in [-0.2, 0) is 11.3 Å². The Kier molecular flexibility index (Phi) is 3.20. The Morgan fingerprint density at radius 2 is 2.50 bits per heavy atom. The highest BCUT2D eigenvalue weighted by Crippen LogP contribution is 2.24. The summed E-state index contributed by atoms with van der Waals surface area (Å²) in [6.07, 6.45) is 3.46. The Labute approximate surface area is 91.5 Å². The topological polar surface area (TPSA) is 53.1 Å². The fourth-order valence-corrected chi connectivity index (χ4v) is 2.15. The molecule has 2 N–H and O–H groups in total. The zero-order valence-electron chi connectivity index (χ0n) is 7.95. The summed E-state index contributed by atoms with van der Waals surface area (Å²) < 4.78 is 8.36. The van der Waals surface area contributed by atoms with Crippen LogP contribution in [0, 0.1) is 0 Å². The Hall–Kier alpha value is -0.390. The minimum absolute atomic E-state index is 0.0774. The number of aromatic nitrogens is 2. The number of halogens is 1. The van der Waals surface area contributed by atoms with Crippen molar-refractivity contribution in [2.75, 3.05) is 6.61 Å². The first kappa shape index (κ1) is 10.1. The zero-order chi connectivity index (χ0) is 9.97. The molecule has 1 aliphatic rings. The minimum Gasteiger partial charge on any atom is -0.357 e. The maximum absolute atomic E-state index is 5.64. The number of hydrogen-bond donors (Lipinski definition) is 1. The Morgan fingerprint density at radius 3 is 3.14 bits per heavy atom. The van der Waals surface area contributed by atoms with Gasteiger partial charge < -0.3 is 10.5 Å². The number of nitrogens with two attached hydrogens (primary N) is 1. The van der Waals surface area contributed by atoms with E-state index < -0.39 is 0 Å². The van der Waals surface area contributed by atoms with Crippen molar-refractivity contribution < 1.29 is 4.74 Å². The van der Waals surface area contributed by atoms with E-state index in [-0.39, 0.29) is 6.23 Å². The van der Waals surface area contributed by atoms with Gasteiger partial charge in [0, 0.05) is 13.2 Å². The van der Waals surface area contributed by atoms with Crippen molar-refractivity contribution in [1.82, 2.24) is 9.78 Å². The van der Waals surface area contributed by atoms with Crippen LogP contribution < -0.4 is 5.73 Å². The van der Waals surface area contributed by atoms with E-state index in [1.54, 1.807) is 0 Å². The third-order valence-electron chi connectivity index (χ3n) is 2.42. The van der Waals surface area contributed by atoms with E-state index in [9.17, 15) is 0 Å². The van der Waals surface area contributed by atoms with Gasteiger partial charge in [0.05, 0.1) is 5.69 Å². The fraction of sp³-hybridized carbons (Fsp3) is 0.667. The molecule has 0 aliphatic carbocycles. The smallest absolute Gasteiger partial charge is 0.150 e. The van der Waals surface area contributed by atoms with Crippen LogP contribution in [0.4, 0.5) is 0 Å². The molecule has 1 aromatic heterocycles. The molecule has 1 unspecified atom stereocenters. The second-order valence-corrected chi connectivity index (χ2v) is 4.24. The lowest BCUT2D eigenvalue weighted by atomic mass is 10.2. The van der Waals surface area contributed by atoms with E-state index in [0.29, 0.717) is 6.54 Å². The molecule has 14 heavy (non-hydrogen) atoms. The standard InChI is InChI=1S/C9H14BrN3O/c10-8-5-7(6-11)13(12-8)9-3-1-2-4-14-9/h5,9H,1-4,6,11H2. The Morgan fingerprint density at radius 1 is 1.64 bits per heavy atom. The number of hydrogen-bond acceptors (Lipinski definition) is 3. The van der Waals surface area contributed by atoms with E-state index in [4.69, 9.17) is 10.5 Å². The van der Waals surface area contributed by atoms with E-state index >= 15 is 0 Å². The molecule has 78 valence electrons. The van der Waals surface area contributed by atoms with Gasteiger partial charge in [-0.3, -0.25) is 0 Å². The molecule has 0 amide bonds. The van der Waals surface area contributed by atoms with Gasteiger partial charge in [-0.25, -0.2) is 4.68 Å². The lowest BCUT2D eigenvalue weighted by Gasteiger charge is -2.24. The van der Waals surface area contributed by atoms with Gasteiger partial charge in [-0.15, -0.1) is 0 Å². The number of ether oxygens (including phenoxy) is 1. The molecule has 2 rings (SSSR count). The van der Waals surface area contributed by atoms with Crippen molar-refractivity contribution in [3.63, 3.8) is 0 Å². The highest BCUT2D eigenvalue weighted by atomic mass is 79.9. The first-order valence-corrected chi connectivity index (χ1v) is 5.66. The fourth-order valence-electron chi connectivity index (χ4n) is 1.72. The predicted octanol–water partition coefficient (Wildman–Crippen LogP) is 1.80. The van der Waals surface area contributed by atoms with Gasteiger partial charge in [0.15, 0.2) is 6.23 Å². The van der Waals surface area contributed by atoms with E-state index in [0.717, 1.165) is 29.7 Å². The Balaban J connectivity index is 2.20. The molecule has 5 heteroatoms. The average Bonchev–Trinajstić information content (AvgIpc) is 2.61. The van der Waals surface area contributed by atoms with Crippen LogP contribution in [0.25, 0.3) is 0 Å². The molecule has 1 atom stereocenters. The van der Waals surface area contributed by atoms with Gasteiger partial charge in [-0.05, 0) is 41.3 Å². The molecular weight excluding hydrogens is 246 g/mol. The van der Waals surface area contributed by atoms with Gasteiger partial charge in [-0.2, -0.15) is 5.10 Å². The maximum atomic E-state index is 5.64. The van der Waals surface area contributed by atoms with E-state index in [1.165, 1.54) is 6.42 Å². The van der Waals surface area contributed by atoms with Crippen LogP contribution in [0.5, 0.6) is 0 Å². The normalized spacial score (nSPS) is 22.6. The molecule has 1 aromatic rings. The summed E-state index contributed by atoms with van der Waals surface area (Å²) >= 11 is 3.35. The van der Waals surface area contributed by atoms with Crippen LogP contribution in [0.15, 0.2) is 10.7 Å². The van der Waals surface area contributed by atoms with Crippen LogP contribution in [0.1, 0.15) is 31.2 Å². The summed E-state index contributed by atoms with van der Waals surface area (Å²) in [7, 11) is 0. The molecule has 4 nitrogen and oxygen atoms in total. The Bertz CT molecular complexity index is 307. The first-order valence-electron chi connectivity index (χ1n) is 4.87. The quantitative estimate of drug-likeness (QED) is 0.882. The molecule has 0 spiro atoms. The van der Waals surface area contributed by atoms with E-state index in [2.05, 4.69) is 21.0 Å². The molecule has 1 aliphatic heterocycles. The number of rotatable bonds is 2. The summed E-state index contributed by atoms with van der Waals surface area (Å²) in [5, 5.41) is 4.33. The van der Waals surface area contributed by atoms with Crippen molar-refractivity contribution in [2.45, 2.75) is 32.0 Å². The summed E-state index contributed by atoms with van der Waals surface area (Å²) in [4.78, 5) is 0.